The Morgan fingerprint density at radius 1 is 1.33 bits per heavy atom. The molecule has 4 nitrogen and oxygen atoms in total. The van der Waals surface area contributed by atoms with E-state index in [0.29, 0.717) is 9.89 Å². The first-order valence-corrected chi connectivity index (χ1v) is 8.22. The molecule has 0 radical (unpaired) electrons. The summed E-state index contributed by atoms with van der Waals surface area (Å²) in [5.74, 6) is 0.766. The lowest BCUT2D eigenvalue weighted by molar-refractivity contribution is -0.385. The van der Waals surface area contributed by atoms with Crippen molar-refractivity contribution in [3.05, 3.63) is 38.3 Å². The van der Waals surface area contributed by atoms with Crippen LogP contribution in [0.4, 0.5) is 5.69 Å². The predicted molar refractivity (Wildman–Crippen MR) is 88.3 cm³/mol. The van der Waals surface area contributed by atoms with Gasteiger partial charge in [-0.1, -0.05) is 32.9 Å². The molecule has 0 spiro atoms. The maximum atomic E-state index is 11.0. The van der Waals surface area contributed by atoms with Gasteiger partial charge in [-0.25, -0.2) is 0 Å². The fraction of sp³-hybridized carbons (Fsp3) is 0.625. The molecule has 21 heavy (non-hydrogen) atoms. The minimum absolute atomic E-state index is 0.150. The highest BCUT2D eigenvalue weighted by molar-refractivity contribution is 9.10. The molecule has 1 aliphatic rings. The summed E-state index contributed by atoms with van der Waals surface area (Å²) in [4.78, 5) is 13.0. The molecule has 0 atom stereocenters. The molecule has 1 aliphatic heterocycles. The van der Waals surface area contributed by atoms with E-state index in [9.17, 15) is 10.1 Å². The Morgan fingerprint density at radius 2 is 1.95 bits per heavy atom. The van der Waals surface area contributed by atoms with Crippen LogP contribution < -0.4 is 0 Å². The van der Waals surface area contributed by atoms with Gasteiger partial charge in [0, 0.05) is 12.6 Å². The quantitative estimate of drug-likeness (QED) is 0.587. The number of nitro benzene ring substituents is 1. The van der Waals surface area contributed by atoms with E-state index in [1.54, 1.807) is 12.1 Å². The molecular formula is C16H23BrN2O2. The van der Waals surface area contributed by atoms with Gasteiger partial charge in [-0.05, 0) is 58.8 Å². The van der Waals surface area contributed by atoms with E-state index in [1.807, 2.05) is 6.07 Å². The lowest BCUT2D eigenvalue weighted by Gasteiger charge is -2.38. The van der Waals surface area contributed by atoms with E-state index < -0.39 is 0 Å². The van der Waals surface area contributed by atoms with Crippen molar-refractivity contribution in [2.45, 2.75) is 40.2 Å². The molecule has 0 saturated carbocycles. The van der Waals surface area contributed by atoms with Crippen LogP contribution in [-0.2, 0) is 6.54 Å². The maximum absolute atomic E-state index is 11.0. The van der Waals surface area contributed by atoms with Crippen LogP contribution in [-0.4, -0.2) is 22.9 Å². The first kappa shape index (κ1) is 16.4. The molecule has 1 saturated heterocycles. The molecule has 0 bridgehead atoms. The van der Waals surface area contributed by atoms with E-state index in [0.717, 1.165) is 31.1 Å². The second-order valence-corrected chi connectivity index (χ2v) is 7.72. The third kappa shape index (κ3) is 4.04. The molecule has 5 heteroatoms. The number of piperidine rings is 1. The molecule has 1 fully saturated rings. The van der Waals surface area contributed by atoms with E-state index in [4.69, 9.17) is 0 Å². The highest BCUT2D eigenvalue weighted by Crippen LogP contribution is 2.35. The molecule has 1 heterocycles. The van der Waals surface area contributed by atoms with Crippen molar-refractivity contribution in [3.8, 4) is 0 Å². The lowest BCUT2D eigenvalue weighted by Crippen LogP contribution is -2.37. The second kappa shape index (κ2) is 6.44. The maximum Gasteiger partial charge on any atom is 0.283 e. The summed E-state index contributed by atoms with van der Waals surface area (Å²) >= 11 is 3.38. The van der Waals surface area contributed by atoms with Gasteiger partial charge < -0.3 is 0 Å². The zero-order valence-corrected chi connectivity index (χ0v) is 14.5. The number of hydrogen-bond acceptors (Lipinski definition) is 3. The summed E-state index contributed by atoms with van der Waals surface area (Å²) in [6.45, 7) is 9.84. The van der Waals surface area contributed by atoms with Crippen LogP contribution in [0.2, 0.25) is 0 Å². The molecule has 2 rings (SSSR count). The second-order valence-electron chi connectivity index (χ2n) is 6.92. The SMILES string of the molecule is CC(C)(C)C1CCN(Cc2cccc([N+](=O)[O-])c2Br)CC1. The topological polar surface area (TPSA) is 46.4 Å². The third-order valence-electron chi connectivity index (χ3n) is 4.46. The Balaban J connectivity index is 2.01. The molecule has 1 aromatic rings. The summed E-state index contributed by atoms with van der Waals surface area (Å²) < 4.78 is 0.618. The molecule has 0 amide bonds. The normalized spacial score (nSPS) is 17.9. The summed E-state index contributed by atoms with van der Waals surface area (Å²) in [5, 5.41) is 11.0. The standard InChI is InChI=1S/C16H23BrN2O2/c1-16(2,3)13-7-9-18(10-8-13)11-12-5-4-6-14(15(12)17)19(20)21/h4-6,13H,7-11H2,1-3H3. The largest absolute Gasteiger partial charge is 0.299 e. The smallest absolute Gasteiger partial charge is 0.283 e. The van der Waals surface area contributed by atoms with Gasteiger partial charge in [-0.15, -0.1) is 0 Å². The highest BCUT2D eigenvalue weighted by atomic mass is 79.9. The van der Waals surface area contributed by atoms with Crippen molar-refractivity contribution >= 4 is 21.6 Å². The van der Waals surface area contributed by atoms with Gasteiger partial charge in [0.15, 0.2) is 0 Å². The van der Waals surface area contributed by atoms with Crippen molar-refractivity contribution in [2.75, 3.05) is 13.1 Å². The van der Waals surface area contributed by atoms with E-state index in [-0.39, 0.29) is 10.6 Å². The van der Waals surface area contributed by atoms with E-state index in [2.05, 4.69) is 41.6 Å². The monoisotopic (exact) mass is 354 g/mol. The van der Waals surface area contributed by atoms with Crippen LogP contribution in [0.5, 0.6) is 0 Å². The average Bonchev–Trinajstić information content (AvgIpc) is 2.40. The van der Waals surface area contributed by atoms with Gasteiger partial charge in [0.25, 0.3) is 5.69 Å². The molecule has 116 valence electrons. The van der Waals surface area contributed by atoms with Crippen molar-refractivity contribution in [3.63, 3.8) is 0 Å². The van der Waals surface area contributed by atoms with Gasteiger partial charge in [0.05, 0.1) is 9.40 Å². The number of halogens is 1. The number of benzene rings is 1. The average molecular weight is 355 g/mol. The van der Waals surface area contributed by atoms with Gasteiger partial charge in [-0.2, -0.15) is 0 Å². The number of hydrogen-bond donors (Lipinski definition) is 0. The molecule has 0 unspecified atom stereocenters. The zero-order chi connectivity index (χ0) is 15.6. The summed E-state index contributed by atoms with van der Waals surface area (Å²) in [7, 11) is 0. The van der Waals surface area contributed by atoms with Crippen LogP contribution in [0, 0.1) is 21.4 Å². The van der Waals surface area contributed by atoms with Crippen molar-refractivity contribution in [1.29, 1.82) is 0 Å². The number of rotatable bonds is 3. The van der Waals surface area contributed by atoms with Crippen LogP contribution in [0.3, 0.4) is 0 Å². The lowest BCUT2D eigenvalue weighted by atomic mass is 9.75. The number of nitrogens with zero attached hydrogens (tertiary/aromatic N) is 2. The van der Waals surface area contributed by atoms with E-state index in [1.165, 1.54) is 12.8 Å². The van der Waals surface area contributed by atoms with Crippen LogP contribution >= 0.6 is 15.9 Å². The summed E-state index contributed by atoms with van der Waals surface area (Å²) in [5.41, 5.74) is 1.52. The molecule has 0 N–H and O–H groups in total. The Bertz CT molecular complexity index is 517. The fourth-order valence-electron chi connectivity index (χ4n) is 3.03. The number of likely N-dealkylation sites (tertiary alicyclic amines) is 1. The van der Waals surface area contributed by atoms with Gasteiger partial charge in [0.1, 0.15) is 0 Å². The summed E-state index contributed by atoms with van der Waals surface area (Å²) in [6, 6.07) is 5.27. The minimum Gasteiger partial charge on any atom is -0.299 e. The van der Waals surface area contributed by atoms with Crippen molar-refractivity contribution < 1.29 is 4.92 Å². The van der Waals surface area contributed by atoms with E-state index >= 15 is 0 Å². The Kier molecular flexibility index (Phi) is 5.04. The summed E-state index contributed by atoms with van der Waals surface area (Å²) in [6.07, 6.45) is 2.41. The highest BCUT2D eigenvalue weighted by Gasteiger charge is 2.29. The molecule has 1 aromatic carbocycles. The molecule has 0 aliphatic carbocycles. The molecular weight excluding hydrogens is 332 g/mol. The van der Waals surface area contributed by atoms with Crippen LogP contribution in [0.1, 0.15) is 39.2 Å². The Labute approximate surface area is 134 Å². The van der Waals surface area contributed by atoms with Crippen LogP contribution in [0.15, 0.2) is 22.7 Å². The van der Waals surface area contributed by atoms with Crippen molar-refractivity contribution in [2.24, 2.45) is 11.3 Å². The Hall–Kier alpha value is -0.940. The first-order chi connectivity index (χ1) is 9.79. The zero-order valence-electron chi connectivity index (χ0n) is 12.9. The third-order valence-corrected chi connectivity index (χ3v) is 5.38. The molecule has 0 aromatic heterocycles. The minimum atomic E-state index is -0.334. The van der Waals surface area contributed by atoms with Gasteiger partial charge in [-0.3, -0.25) is 15.0 Å². The first-order valence-electron chi connectivity index (χ1n) is 7.43. The Morgan fingerprint density at radius 3 is 2.48 bits per heavy atom. The van der Waals surface area contributed by atoms with Gasteiger partial charge in [0.2, 0.25) is 0 Å². The van der Waals surface area contributed by atoms with Crippen LogP contribution in [0.25, 0.3) is 0 Å². The van der Waals surface area contributed by atoms with Crippen molar-refractivity contribution in [1.82, 2.24) is 4.90 Å². The number of nitro groups is 1. The predicted octanol–water partition coefficient (Wildman–Crippen LogP) is 4.62. The van der Waals surface area contributed by atoms with Gasteiger partial charge >= 0.3 is 0 Å². The fourth-order valence-corrected chi connectivity index (χ4v) is 3.56.